The Labute approximate surface area is 184 Å². The highest BCUT2D eigenvalue weighted by molar-refractivity contribution is 9.10. The molecule has 0 spiro atoms. The minimum atomic E-state index is -0.820. The van der Waals surface area contributed by atoms with Crippen LogP contribution in [0.2, 0.25) is 0 Å². The van der Waals surface area contributed by atoms with Gasteiger partial charge in [-0.3, -0.25) is 4.79 Å². The molecule has 4 heteroatoms. The maximum atomic E-state index is 11.4. The van der Waals surface area contributed by atoms with Gasteiger partial charge in [0.25, 0.3) is 0 Å². The molecular weight excluding hydrogens is 440 g/mol. The molecule has 1 aliphatic carbocycles. The Bertz CT molecular complexity index is 1140. The second-order valence-corrected chi connectivity index (χ2v) is 8.09. The van der Waals surface area contributed by atoms with Crippen molar-refractivity contribution in [3.8, 4) is 5.75 Å². The van der Waals surface area contributed by atoms with Gasteiger partial charge in [0.1, 0.15) is 12.4 Å². The van der Waals surface area contributed by atoms with Gasteiger partial charge in [-0.05, 0) is 64.6 Å². The zero-order valence-corrected chi connectivity index (χ0v) is 18.1. The largest absolute Gasteiger partial charge is 0.489 e. The summed E-state index contributed by atoms with van der Waals surface area (Å²) in [6.07, 6.45) is 2.14. The van der Waals surface area contributed by atoms with Crippen LogP contribution in [0.3, 0.4) is 0 Å². The molecule has 3 nitrogen and oxygen atoms in total. The number of carboxylic acids is 1. The molecule has 1 N–H and O–H groups in total. The van der Waals surface area contributed by atoms with E-state index in [2.05, 4.69) is 46.3 Å². The number of fused-ring (bicyclic) bond motifs is 1. The van der Waals surface area contributed by atoms with Gasteiger partial charge in [0.2, 0.25) is 0 Å². The second kappa shape index (κ2) is 8.72. The van der Waals surface area contributed by atoms with Crippen LogP contribution in [-0.4, -0.2) is 11.1 Å². The molecule has 3 aromatic carbocycles. The van der Waals surface area contributed by atoms with Gasteiger partial charge >= 0.3 is 5.97 Å². The average molecular weight is 461 g/mol. The summed E-state index contributed by atoms with van der Waals surface area (Å²) in [5.74, 6) is 0.0297. The second-order valence-electron chi connectivity index (χ2n) is 7.24. The summed E-state index contributed by atoms with van der Waals surface area (Å²) in [5.41, 5.74) is 7.14. The third kappa shape index (κ3) is 4.24. The first kappa shape index (κ1) is 20.2. The Hall–Kier alpha value is -3.11. The Balaban J connectivity index is 1.61. The molecule has 0 fully saturated rings. The maximum Gasteiger partial charge on any atom is 0.307 e. The number of aliphatic carboxylic acids is 1. The van der Waals surface area contributed by atoms with E-state index < -0.39 is 5.97 Å². The van der Waals surface area contributed by atoms with E-state index in [1.54, 1.807) is 0 Å². The fourth-order valence-electron chi connectivity index (χ4n) is 3.72. The monoisotopic (exact) mass is 460 g/mol. The van der Waals surface area contributed by atoms with Crippen molar-refractivity contribution in [2.24, 2.45) is 0 Å². The van der Waals surface area contributed by atoms with Crippen molar-refractivity contribution in [2.45, 2.75) is 20.0 Å². The van der Waals surface area contributed by atoms with Gasteiger partial charge in [0.15, 0.2) is 0 Å². The number of carbonyl (C=O) groups is 1. The van der Waals surface area contributed by atoms with Crippen molar-refractivity contribution in [2.75, 3.05) is 0 Å². The molecule has 0 bridgehead atoms. The van der Waals surface area contributed by atoms with E-state index in [-0.39, 0.29) is 6.42 Å². The summed E-state index contributed by atoms with van der Waals surface area (Å²) < 4.78 is 6.78. The molecule has 0 heterocycles. The molecule has 0 amide bonds. The van der Waals surface area contributed by atoms with E-state index in [0.29, 0.717) is 6.61 Å². The highest BCUT2D eigenvalue weighted by Gasteiger charge is 2.26. The fourth-order valence-corrected chi connectivity index (χ4v) is 4.30. The maximum absolute atomic E-state index is 11.4. The van der Waals surface area contributed by atoms with Crippen molar-refractivity contribution in [3.63, 3.8) is 0 Å². The molecule has 0 aliphatic heterocycles. The highest BCUT2D eigenvalue weighted by atomic mass is 79.9. The van der Waals surface area contributed by atoms with Crippen molar-refractivity contribution in [1.82, 2.24) is 0 Å². The summed E-state index contributed by atoms with van der Waals surface area (Å²) in [7, 11) is 0. The van der Waals surface area contributed by atoms with Crippen LogP contribution in [0.4, 0.5) is 0 Å². The number of benzene rings is 3. The molecular formula is C26H21BrO3. The molecule has 0 atom stereocenters. The van der Waals surface area contributed by atoms with Crippen LogP contribution in [0.1, 0.15) is 35.6 Å². The minimum Gasteiger partial charge on any atom is -0.489 e. The van der Waals surface area contributed by atoms with Crippen molar-refractivity contribution in [1.29, 1.82) is 0 Å². The summed E-state index contributed by atoms with van der Waals surface area (Å²) in [6, 6.07) is 23.9. The number of ether oxygens (including phenoxy) is 1. The highest BCUT2D eigenvalue weighted by Crippen LogP contribution is 2.46. The third-order valence-corrected chi connectivity index (χ3v) is 5.89. The van der Waals surface area contributed by atoms with Gasteiger partial charge < -0.3 is 9.84 Å². The van der Waals surface area contributed by atoms with Crippen LogP contribution in [-0.2, 0) is 11.4 Å². The molecule has 150 valence electrons. The van der Waals surface area contributed by atoms with Gasteiger partial charge in [-0.2, -0.15) is 0 Å². The SMILES string of the molecule is CC1=C(CC(=O)O)c2cccc(Br)c2/C1=C/c1ccc(COc2ccccc2)cc1. The summed E-state index contributed by atoms with van der Waals surface area (Å²) in [5, 5.41) is 9.35. The first-order chi connectivity index (χ1) is 14.5. The van der Waals surface area contributed by atoms with Gasteiger partial charge in [0, 0.05) is 10.0 Å². The van der Waals surface area contributed by atoms with E-state index in [1.165, 1.54) is 0 Å². The predicted molar refractivity (Wildman–Crippen MR) is 124 cm³/mol. The Kier molecular flexibility index (Phi) is 5.86. The fraction of sp³-hybridized carbons (Fsp3) is 0.115. The number of hydrogen-bond donors (Lipinski definition) is 1. The van der Waals surface area contributed by atoms with Gasteiger partial charge in [-0.15, -0.1) is 0 Å². The zero-order chi connectivity index (χ0) is 21.1. The first-order valence-corrected chi connectivity index (χ1v) is 10.5. The molecule has 0 unspecified atom stereocenters. The standard InChI is InChI=1S/C26H21BrO3/c1-17-22(15-25(28)29)21-8-5-9-24(27)26(21)23(17)14-18-10-12-19(13-11-18)16-30-20-6-3-2-4-7-20/h2-14H,15-16H2,1H3,(H,28,29)/b23-14+. The Morgan fingerprint density at radius 1 is 1.00 bits per heavy atom. The lowest BCUT2D eigenvalue weighted by Crippen LogP contribution is -1.96. The summed E-state index contributed by atoms with van der Waals surface area (Å²) >= 11 is 3.65. The Morgan fingerprint density at radius 3 is 2.43 bits per heavy atom. The molecule has 0 saturated carbocycles. The summed E-state index contributed by atoms with van der Waals surface area (Å²) in [6.45, 7) is 2.51. The van der Waals surface area contributed by atoms with Crippen molar-refractivity contribution in [3.05, 3.63) is 105 Å². The van der Waals surface area contributed by atoms with Crippen LogP contribution in [0.25, 0.3) is 17.2 Å². The third-order valence-electron chi connectivity index (χ3n) is 5.23. The van der Waals surface area contributed by atoms with E-state index in [4.69, 9.17) is 4.74 Å². The molecule has 0 radical (unpaired) electrons. The van der Waals surface area contributed by atoms with Crippen LogP contribution < -0.4 is 4.74 Å². The van der Waals surface area contributed by atoms with E-state index >= 15 is 0 Å². The average Bonchev–Trinajstić information content (AvgIpc) is 3.00. The lowest BCUT2D eigenvalue weighted by molar-refractivity contribution is -0.135. The number of carboxylic acid groups (broad SMARTS) is 1. The number of para-hydroxylation sites is 1. The number of hydrogen-bond acceptors (Lipinski definition) is 2. The molecule has 4 rings (SSSR count). The van der Waals surface area contributed by atoms with E-state index in [0.717, 1.165) is 49.2 Å². The van der Waals surface area contributed by atoms with Crippen molar-refractivity contribution < 1.29 is 14.6 Å². The summed E-state index contributed by atoms with van der Waals surface area (Å²) in [4.78, 5) is 11.4. The topological polar surface area (TPSA) is 46.5 Å². The smallest absolute Gasteiger partial charge is 0.307 e. The zero-order valence-electron chi connectivity index (χ0n) is 16.6. The molecule has 3 aromatic rings. The van der Waals surface area contributed by atoms with Crippen LogP contribution >= 0.6 is 15.9 Å². The molecule has 1 aliphatic rings. The molecule has 0 saturated heterocycles. The number of halogens is 1. The van der Waals surface area contributed by atoms with E-state index in [1.807, 2.05) is 55.5 Å². The van der Waals surface area contributed by atoms with Gasteiger partial charge in [-0.1, -0.05) is 70.5 Å². The van der Waals surface area contributed by atoms with E-state index in [9.17, 15) is 9.90 Å². The first-order valence-electron chi connectivity index (χ1n) is 9.72. The molecule has 0 aromatic heterocycles. The lowest BCUT2D eigenvalue weighted by atomic mass is 10.0. The normalized spacial score (nSPS) is 14.1. The number of rotatable bonds is 6. The van der Waals surface area contributed by atoms with Gasteiger partial charge in [0.05, 0.1) is 6.42 Å². The van der Waals surface area contributed by atoms with Crippen molar-refractivity contribution >= 4 is 39.1 Å². The van der Waals surface area contributed by atoms with Crippen LogP contribution in [0.15, 0.2) is 82.8 Å². The number of allylic oxidation sites excluding steroid dienone is 2. The predicted octanol–water partition coefficient (Wildman–Crippen LogP) is 6.83. The van der Waals surface area contributed by atoms with Gasteiger partial charge in [-0.25, -0.2) is 0 Å². The quantitative estimate of drug-likeness (QED) is 0.438. The lowest BCUT2D eigenvalue weighted by Gasteiger charge is -2.08. The van der Waals surface area contributed by atoms with Crippen LogP contribution in [0.5, 0.6) is 5.75 Å². The minimum absolute atomic E-state index is 0.0163. The molecule has 30 heavy (non-hydrogen) atoms. The van der Waals surface area contributed by atoms with Crippen LogP contribution in [0, 0.1) is 0 Å². The Morgan fingerprint density at radius 2 is 1.73 bits per heavy atom.